The number of anilines is 1. The lowest BCUT2D eigenvalue weighted by atomic mass is 9.95. The second-order valence-electron chi connectivity index (χ2n) is 11.7. The number of rotatable bonds is 6. The smallest absolute Gasteiger partial charge is 0.319 e. The van der Waals surface area contributed by atoms with E-state index in [1.54, 1.807) is 29.2 Å². The van der Waals surface area contributed by atoms with Crippen LogP contribution >= 0.6 is 11.6 Å². The molecule has 0 unspecified atom stereocenters. The molecule has 0 N–H and O–H groups in total. The first-order valence-electron chi connectivity index (χ1n) is 14.8. The van der Waals surface area contributed by atoms with Crippen LogP contribution in [0.2, 0.25) is 5.02 Å². The zero-order chi connectivity index (χ0) is 30.4. The molecule has 9 nitrogen and oxygen atoms in total. The number of piperazine rings is 1. The summed E-state index contributed by atoms with van der Waals surface area (Å²) in [6, 6.07) is 9.93. The predicted molar refractivity (Wildman–Crippen MR) is 162 cm³/mol. The van der Waals surface area contributed by atoms with E-state index in [0.29, 0.717) is 53.8 Å². The molecule has 2 aromatic carbocycles. The summed E-state index contributed by atoms with van der Waals surface area (Å²) in [6.45, 7) is 3.63. The van der Waals surface area contributed by atoms with E-state index in [9.17, 15) is 14.9 Å². The van der Waals surface area contributed by atoms with Crippen LogP contribution in [0.4, 0.5) is 14.6 Å². The van der Waals surface area contributed by atoms with E-state index < -0.39 is 11.6 Å². The van der Waals surface area contributed by atoms with Gasteiger partial charge in [0.2, 0.25) is 0 Å². The van der Waals surface area contributed by atoms with E-state index in [-0.39, 0.29) is 40.2 Å². The largest absolute Gasteiger partial charge is 0.461 e. The average Bonchev–Trinajstić information content (AvgIpc) is 3.63. The summed E-state index contributed by atoms with van der Waals surface area (Å²) in [4.78, 5) is 19.8. The van der Waals surface area contributed by atoms with Crippen LogP contribution in [-0.2, 0) is 0 Å². The van der Waals surface area contributed by atoms with Crippen molar-refractivity contribution in [3.63, 3.8) is 0 Å². The molecule has 4 aromatic rings. The normalized spacial score (nSPS) is 19.7. The Kier molecular flexibility index (Phi) is 7.31. The van der Waals surface area contributed by atoms with Crippen molar-refractivity contribution >= 4 is 39.1 Å². The van der Waals surface area contributed by atoms with Crippen LogP contribution in [0.1, 0.15) is 32.1 Å². The topological polar surface area (TPSA) is 105 Å². The van der Waals surface area contributed by atoms with Gasteiger partial charge in [-0.05, 0) is 50.2 Å². The molecule has 3 fully saturated rings. The summed E-state index contributed by atoms with van der Waals surface area (Å²) < 4.78 is 37.5. The monoisotopic (exact) mass is 614 g/mol. The van der Waals surface area contributed by atoms with Crippen molar-refractivity contribution in [3.8, 4) is 29.5 Å². The van der Waals surface area contributed by atoms with Gasteiger partial charge in [0.1, 0.15) is 29.5 Å². The lowest BCUT2D eigenvalue weighted by Crippen LogP contribution is -2.51. The number of nitriles is 2. The third-order valence-corrected chi connectivity index (χ3v) is 9.72. The number of hydrogen-bond donors (Lipinski definition) is 0. The number of nitrogens with zero attached hydrogens (tertiary/aromatic N) is 8. The summed E-state index contributed by atoms with van der Waals surface area (Å²) >= 11 is 6.38. The van der Waals surface area contributed by atoms with E-state index in [0.717, 1.165) is 38.8 Å². The van der Waals surface area contributed by atoms with Gasteiger partial charge in [-0.3, -0.25) is 9.88 Å². The molecule has 3 saturated heterocycles. The summed E-state index contributed by atoms with van der Waals surface area (Å²) in [5.74, 6) is -0.879. The first-order chi connectivity index (χ1) is 21.4. The minimum Gasteiger partial charge on any atom is -0.461 e. The van der Waals surface area contributed by atoms with Gasteiger partial charge in [0.25, 0.3) is 0 Å². The van der Waals surface area contributed by atoms with Crippen LogP contribution in [0.15, 0.2) is 36.5 Å². The first-order valence-corrected chi connectivity index (χ1v) is 15.2. The molecule has 12 heteroatoms. The van der Waals surface area contributed by atoms with E-state index in [1.165, 1.54) is 12.3 Å². The fraction of sp³-hybridized carbons (Fsp3) is 0.406. The van der Waals surface area contributed by atoms with Crippen molar-refractivity contribution < 1.29 is 13.5 Å². The molecular weight excluding hydrogens is 586 g/mol. The highest BCUT2D eigenvalue weighted by Crippen LogP contribution is 2.41. The maximum absolute atomic E-state index is 16.6. The minimum atomic E-state index is -0.699. The lowest BCUT2D eigenvalue weighted by molar-refractivity contribution is 0.108. The van der Waals surface area contributed by atoms with Crippen molar-refractivity contribution in [1.82, 2.24) is 24.8 Å². The molecule has 44 heavy (non-hydrogen) atoms. The highest BCUT2D eigenvalue weighted by molar-refractivity contribution is 6.36. The Balaban J connectivity index is 1.35. The number of hydrogen-bond acceptors (Lipinski definition) is 9. The van der Waals surface area contributed by atoms with Gasteiger partial charge >= 0.3 is 6.01 Å². The lowest BCUT2D eigenvalue weighted by Gasteiger charge is -2.38. The van der Waals surface area contributed by atoms with Crippen LogP contribution in [-0.4, -0.2) is 75.7 Å². The summed E-state index contributed by atoms with van der Waals surface area (Å²) in [7, 11) is 0. The minimum absolute atomic E-state index is 0.0146. The number of benzene rings is 2. The van der Waals surface area contributed by atoms with E-state index in [4.69, 9.17) is 21.3 Å². The first kappa shape index (κ1) is 28.5. The Morgan fingerprint density at radius 3 is 2.64 bits per heavy atom. The number of halogens is 3. The molecule has 0 aliphatic carbocycles. The highest BCUT2D eigenvalue weighted by atomic mass is 35.5. The molecule has 2 aromatic heterocycles. The summed E-state index contributed by atoms with van der Waals surface area (Å²) in [6.07, 6.45) is 8.11. The second-order valence-corrected chi connectivity index (χ2v) is 12.1. The van der Waals surface area contributed by atoms with Crippen molar-refractivity contribution in [1.29, 1.82) is 10.5 Å². The molecule has 3 aliphatic heterocycles. The number of ether oxygens (including phenoxy) is 1. The van der Waals surface area contributed by atoms with Gasteiger partial charge in [-0.25, -0.2) is 8.78 Å². The number of aromatic nitrogens is 3. The van der Waals surface area contributed by atoms with Gasteiger partial charge in [-0.2, -0.15) is 20.5 Å². The van der Waals surface area contributed by atoms with Crippen molar-refractivity contribution in [2.24, 2.45) is 0 Å². The van der Waals surface area contributed by atoms with Gasteiger partial charge in [0.05, 0.1) is 34.5 Å². The van der Waals surface area contributed by atoms with Gasteiger partial charge in [0, 0.05) is 36.8 Å². The van der Waals surface area contributed by atoms with Crippen molar-refractivity contribution in [3.05, 3.63) is 53.2 Å². The van der Waals surface area contributed by atoms with Crippen LogP contribution in [0.3, 0.4) is 0 Å². The third kappa shape index (κ3) is 4.72. The quantitative estimate of drug-likeness (QED) is 0.254. The molecule has 224 valence electrons. The third-order valence-electron chi connectivity index (χ3n) is 9.35. The maximum atomic E-state index is 16.6. The van der Waals surface area contributed by atoms with Crippen molar-refractivity contribution in [2.75, 3.05) is 44.2 Å². The van der Waals surface area contributed by atoms with Crippen LogP contribution in [0.25, 0.3) is 32.9 Å². The Morgan fingerprint density at radius 1 is 1.05 bits per heavy atom. The van der Waals surface area contributed by atoms with Gasteiger partial charge < -0.3 is 14.5 Å². The van der Waals surface area contributed by atoms with Crippen LogP contribution in [0.5, 0.6) is 6.01 Å². The SMILES string of the molecule is N#CC[C@H]1CN(c2nc(OCC34CCCN3CCC4)nc3c(F)c(-c4cccc5ccc(F)c(Cl)c45)ncc23)CCN1C#N. The number of pyridine rings is 1. The van der Waals surface area contributed by atoms with Gasteiger partial charge in [-0.1, -0.05) is 35.9 Å². The molecule has 0 bridgehead atoms. The van der Waals surface area contributed by atoms with Gasteiger partial charge in [0.15, 0.2) is 12.0 Å². The fourth-order valence-electron chi connectivity index (χ4n) is 7.14. The Bertz CT molecular complexity index is 1850. The zero-order valence-electron chi connectivity index (χ0n) is 23.9. The maximum Gasteiger partial charge on any atom is 0.319 e. The molecule has 0 radical (unpaired) electrons. The Hall–Kier alpha value is -4.32. The summed E-state index contributed by atoms with van der Waals surface area (Å²) in [5.41, 5.74) is 0.281. The van der Waals surface area contributed by atoms with Crippen molar-refractivity contribution in [2.45, 2.75) is 43.7 Å². The molecule has 5 heterocycles. The second kappa shape index (κ2) is 11.3. The standard InChI is InChI=1S/C32H29ClF2N8O/c33-26-24(34)7-6-20-4-1-5-22(25(20)26)28-27(35)29-23(16-38-28)30(41-14-15-42(19-37)21(17-41)8-11-36)40-31(39-29)44-18-32-9-2-12-43(32)13-3-10-32/h1,4-7,16,21H,2-3,8-10,12-15,17-18H2/t21-/m0/s1. The van der Waals surface area contributed by atoms with E-state index >= 15 is 4.39 Å². The summed E-state index contributed by atoms with van der Waals surface area (Å²) in [5, 5.41) is 20.3. The van der Waals surface area contributed by atoms with E-state index in [1.807, 2.05) is 4.90 Å². The highest BCUT2D eigenvalue weighted by Gasteiger charge is 2.45. The zero-order valence-corrected chi connectivity index (χ0v) is 24.7. The average molecular weight is 615 g/mol. The fourth-order valence-corrected chi connectivity index (χ4v) is 7.42. The molecule has 0 saturated carbocycles. The molecule has 1 atom stereocenters. The van der Waals surface area contributed by atoms with Crippen LogP contribution in [0, 0.1) is 34.4 Å². The molecular formula is C32H29ClF2N8O. The molecule has 3 aliphatic rings. The van der Waals surface area contributed by atoms with E-state index in [2.05, 4.69) is 27.1 Å². The predicted octanol–water partition coefficient (Wildman–Crippen LogP) is 5.67. The molecule has 0 spiro atoms. The number of fused-ring (bicyclic) bond motifs is 3. The molecule has 0 amide bonds. The Morgan fingerprint density at radius 2 is 1.86 bits per heavy atom. The molecule has 7 rings (SSSR count). The Labute approximate surface area is 258 Å². The van der Waals surface area contributed by atoms with Crippen LogP contribution < -0.4 is 9.64 Å². The van der Waals surface area contributed by atoms with Gasteiger partial charge in [-0.15, -0.1) is 0 Å².